The molecule has 0 spiro atoms. The number of quaternary nitrogens is 1. The van der Waals surface area contributed by atoms with E-state index in [0.717, 1.165) is 32.8 Å². The number of morpholine rings is 1. The van der Waals surface area contributed by atoms with Crippen molar-refractivity contribution in [3.8, 4) is 11.8 Å². The smallest absolute Gasteiger partial charge is 0.304 e. The van der Waals surface area contributed by atoms with Crippen molar-refractivity contribution in [1.29, 1.82) is 0 Å². The predicted molar refractivity (Wildman–Crippen MR) is 64.6 cm³/mol. The summed E-state index contributed by atoms with van der Waals surface area (Å²) in [5, 5.41) is 0. The Morgan fingerprint density at radius 3 is 2.65 bits per heavy atom. The highest BCUT2D eigenvalue weighted by atomic mass is 16.6. The van der Waals surface area contributed by atoms with E-state index in [1.807, 2.05) is 13.8 Å². The van der Waals surface area contributed by atoms with Gasteiger partial charge in [-0.3, -0.25) is 4.79 Å². The van der Waals surface area contributed by atoms with Crippen LogP contribution in [0.15, 0.2) is 0 Å². The molecule has 1 fully saturated rings. The number of nitrogens with one attached hydrogen (secondary N) is 1. The van der Waals surface area contributed by atoms with Gasteiger partial charge in [0.2, 0.25) is 0 Å². The van der Waals surface area contributed by atoms with Crippen LogP contribution in [0.1, 0.15) is 27.2 Å². The molecule has 17 heavy (non-hydrogen) atoms. The van der Waals surface area contributed by atoms with E-state index in [4.69, 9.17) is 9.47 Å². The van der Waals surface area contributed by atoms with Gasteiger partial charge in [0.05, 0.1) is 13.2 Å². The maximum absolute atomic E-state index is 11.0. The van der Waals surface area contributed by atoms with Crippen LogP contribution in [-0.4, -0.2) is 44.4 Å². The van der Waals surface area contributed by atoms with Gasteiger partial charge in [-0.15, -0.1) is 0 Å². The lowest BCUT2D eigenvalue weighted by Gasteiger charge is -2.23. The van der Waals surface area contributed by atoms with Crippen molar-refractivity contribution >= 4 is 5.97 Å². The van der Waals surface area contributed by atoms with Crippen LogP contribution in [0.25, 0.3) is 0 Å². The van der Waals surface area contributed by atoms with Crippen molar-refractivity contribution in [3.63, 3.8) is 0 Å². The molecular formula is C13H22NO3+. The van der Waals surface area contributed by atoms with Gasteiger partial charge in [-0.05, 0) is 25.2 Å². The zero-order valence-electron chi connectivity index (χ0n) is 11.0. The van der Waals surface area contributed by atoms with Gasteiger partial charge in [-0.1, -0.05) is 6.92 Å². The van der Waals surface area contributed by atoms with Gasteiger partial charge in [0.25, 0.3) is 0 Å². The van der Waals surface area contributed by atoms with Crippen molar-refractivity contribution in [3.05, 3.63) is 0 Å². The molecule has 1 heterocycles. The fraction of sp³-hybridized carbons (Fsp3) is 0.769. The molecule has 96 valence electrons. The molecule has 0 bridgehead atoms. The first-order valence-electron chi connectivity index (χ1n) is 6.16. The molecule has 0 aromatic heterocycles. The highest BCUT2D eigenvalue weighted by molar-refractivity contribution is 5.67. The number of carbonyl (C=O) groups excluding carboxylic acids is 1. The summed E-state index contributed by atoms with van der Waals surface area (Å²) in [5.41, 5.74) is -0.641. The first kappa shape index (κ1) is 14.0. The maximum atomic E-state index is 11.0. The molecule has 0 radical (unpaired) electrons. The molecule has 0 aromatic carbocycles. The van der Waals surface area contributed by atoms with E-state index < -0.39 is 5.60 Å². The topological polar surface area (TPSA) is 40.0 Å². The van der Waals surface area contributed by atoms with E-state index in [-0.39, 0.29) is 5.97 Å². The maximum Gasteiger partial charge on any atom is 0.304 e. The van der Waals surface area contributed by atoms with Crippen LogP contribution in [0.2, 0.25) is 0 Å². The van der Waals surface area contributed by atoms with Crippen molar-refractivity contribution in [2.45, 2.75) is 32.8 Å². The fourth-order valence-electron chi connectivity index (χ4n) is 1.70. The Hall–Kier alpha value is -1.05. The van der Waals surface area contributed by atoms with E-state index in [0.29, 0.717) is 6.42 Å². The number of hydrogen-bond acceptors (Lipinski definition) is 3. The molecule has 0 unspecified atom stereocenters. The average molecular weight is 240 g/mol. The molecule has 0 amide bonds. The number of esters is 1. The lowest BCUT2D eigenvalue weighted by Crippen LogP contribution is -3.14. The zero-order valence-corrected chi connectivity index (χ0v) is 11.0. The van der Waals surface area contributed by atoms with Crippen LogP contribution in [0.3, 0.4) is 0 Å². The normalized spacial score (nSPS) is 19.9. The van der Waals surface area contributed by atoms with Crippen LogP contribution in [-0.2, 0) is 14.3 Å². The molecule has 1 aliphatic heterocycles. The summed E-state index contributed by atoms with van der Waals surface area (Å²) in [6.45, 7) is 9.67. The number of carbonyl (C=O) groups is 1. The van der Waals surface area contributed by atoms with E-state index in [2.05, 4.69) is 11.8 Å². The van der Waals surface area contributed by atoms with Gasteiger partial charge in [0, 0.05) is 6.92 Å². The molecule has 4 heteroatoms. The van der Waals surface area contributed by atoms with E-state index in [1.165, 1.54) is 11.8 Å². The van der Waals surface area contributed by atoms with Crippen LogP contribution in [0.4, 0.5) is 0 Å². The standard InChI is InChI=1S/C13H21NO3/c1-4-13(3,17-12(2)15)6-5-7-14-8-10-16-11-9-14/h4,7-11H2,1-3H3/p+1/t13-/m1/s1. The predicted octanol–water partition coefficient (Wildman–Crippen LogP) is -0.363. The Labute approximate surface area is 103 Å². The Morgan fingerprint density at radius 2 is 2.12 bits per heavy atom. The van der Waals surface area contributed by atoms with Crippen LogP contribution in [0.5, 0.6) is 0 Å². The Morgan fingerprint density at radius 1 is 1.47 bits per heavy atom. The first-order chi connectivity index (χ1) is 8.06. The number of ether oxygens (including phenoxy) is 2. The Bertz CT molecular complexity index is 312. The summed E-state index contributed by atoms with van der Waals surface area (Å²) in [6, 6.07) is 0. The minimum Gasteiger partial charge on any atom is -0.446 e. The molecule has 1 aliphatic rings. The fourth-order valence-corrected chi connectivity index (χ4v) is 1.70. The monoisotopic (exact) mass is 240 g/mol. The third-order valence-electron chi connectivity index (χ3n) is 2.93. The lowest BCUT2D eigenvalue weighted by molar-refractivity contribution is -0.900. The molecular weight excluding hydrogens is 218 g/mol. The van der Waals surface area contributed by atoms with Crippen LogP contribution >= 0.6 is 0 Å². The van der Waals surface area contributed by atoms with Crippen molar-refractivity contribution in [2.75, 3.05) is 32.8 Å². The second kappa shape index (κ2) is 6.63. The van der Waals surface area contributed by atoms with Gasteiger partial charge in [0.1, 0.15) is 19.6 Å². The van der Waals surface area contributed by atoms with Gasteiger partial charge in [-0.25, -0.2) is 0 Å². The molecule has 1 N–H and O–H groups in total. The minimum absolute atomic E-state index is 0.276. The molecule has 1 atom stereocenters. The summed E-state index contributed by atoms with van der Waals surface area (Å²) in [4.78, 5) is 12.4. The summed E-state index contributed by atoms with van der Waals surface area (Å²) in [7, 11) is 0. The minimum atomic E-state index is -0.641. The third-order valence-corrected chi connectivity index (χ3v) is 2.93. The summed E-state index contributed by atoms with van der Waals surface area (Å²) >= 11 is 0. The second-order valence-corrected chi connectivity index (χ2v) is 4.52. The van der Waals surface area contributed by atoms with E-state index in [1.54, 1.807) is 0 Å². The lowest BCUT2D eigenvalue weighted by atomic mass is 10.0. The van der Waals surface area contributed by atoms with Crippen molar-refractivity contribution in [2.24, 2.45) is 0 Å². The quantitative estimate of drug-likeness (QED) is 0.541. The highest BCUT2D eigenvalue weighted by Gasteiger charge is 2.22. The molecule has 0 saturated carbocycles. The Balaban J connectivity index is 2.46. The number of hydrogen-bond donors (Lipinski definition) is 1. The highest BCUT2D eigenvalue weighted by Crippen LogP contribution is 2.13. The zero-order chi connectivity index (χ0) is 12.7. The van der Waals surface area contributed by atoms with Crippen LogP contribution < -0.4 is 4.90 Å². The first-order valence-corrected chi connectivity index (χ1v) is 6.16. The molecule has 0 aliphatic carbocycles. The molecule has 4 nitrogen and oxygen atoms in total. The second-order valence-electron chi connectivity index (χ2n) is 4.52. The van der Waals surface area contributed by atoms with E-state index in [9.17, 15) is 4.79 Å². The van der Waals surface area contributed by atoms with Crippen LogP contribution in [0, 0.1) is 11.8 Å². The molecule has 0 aromatic rings. The molecule has 1 saturated heterocycles. The van der Waals surface area contributed by atoms with Gasteiger partial charge >= 0.3 is 5.97 Å². The summed E-state index contributed by atoms with van der Waals surface area (Å²) in [6.07, 6.45) is 0.706. The summed E-state index contributed by atoms with van der Waals surface area (Å²) in [5.74, 6) is 5.93. The molecule has 1 rings (SSSR count). The van der Waals surface area contributed by atoms with Gasteiger partial charge in [0.15, 0.2) is 5.60 Å². The van der Waals surface area contributed by atoms with Gasteiger partial charge < -0.3 is 14.4 Å². The summed E-state index contributed by atoms with van der Waals surface area (Å²) < 4.78 is 10.5. The SMILES string of the molecule is CC[C@](C)(C#CC[NH+]1CCOCC1)OC(C)=O. The number of rotatable bonds is 3. The van der Waals surface area contributed by atoms with Crippen molar-refractivity contribution in [1.82, 2.24) is 0 Å². The van der Waals surface area contributed by atoms with Crippen molar-refractivity contribution < 1.29 is 19.2 Å². The third kappa shape index (κ3) is 5.20. The Kier molecular flexibility index (Phi) is 5.46. The van der Waals surface area contributed by atoms with Gasteiger partial charge in [-0.2, -0.15) is 0 Å². The largest absolute Gasteiger partial charge is 0.446 e. The average Bonchev–Trinajstić information content (AvgIpc) is 2.29. The van der Waals surface area contributed by atoms with E-state index >= 15 is 0 Å².